The first-order valence-electron chi connectivity index (χ1n) is 6.77. The second kappa shape index (κ2) is 5.50. The molecule has 1 aliphatic rings. The fourth-order valence-electron chi connectivity index (χ4n) is 2.14. The van der Waals surface area contributed by atoms with Crippen LogP contribution in [0.25, 0.3) is 0 Å². The molecule has 5 heteroatoms. The lowest BCUT2D eigenvalue weighted by Gasteiger charge is -2.23. The van der Waals surface area contributed by atoms with Crippen molar-refractivity contribution in [2.75, 3.05) is 23.3 Å². The summed E-state index contributed by atoms with van der Waals surface area (Å²) in [5.41, 5.74) is -0.0426. The van der Waals surface area contributed by atoms with Crippen LogP contribution in [0.15, 0.2) is 6.20 Å². The molecule has 1 aromatic rings. The molecular weight excluding hydrogens is 226 g/mol. The molecule has 2 rings (SSSR count). The molecule has 0 unspecified atom stereocenters. The number of hydrogen-bond donors (Lipinski definition) is 1. The van der Waals surface area contributed by atoms with Crippen LogP contribution in [0.2, 0.25) is 0 Å². The van der Waals surface area contributed by atoms with Crippen LogP contribution in [0.5, 0.6) is 0 Å². The van der Waals surface area contributed by atoms with Crippen LogP contribution in [0, 0.1) is 0 Å². The number of anilines is 2. The molecule has 0 atom stereocenters. The van der Waals surface area contributed by atoms with Gasteiger partial charge in [-0.1, -0.05) is 12.8 Å². The first-order valence-corrected chi connectivity index (χ1v) is 6.77. The maximum Gasteiger partial charge on any atom is 0.245 e. The Morgan fingerprint density at radius 3 is 2.39 bits per heavy atom. The third kappa shape index (κ3) is 3.82. The smallest absolute Gasteiger partial charge is 0.245 e. The van der Waals surface area contributed by atoms with Crippen LogP contribution in [0.4, 0.5) is 11.8 Å². The summed E-state index contributed by atoms with van der Waals surface area (Å²) in [5, 5.41) is 11.4. The van der Waals surface area contributed by atoms with Crippen LogP contribution < -0.4 is 10.2 Å². The van der Waals surface area contributed by atoms with Crippen molar-refractivity contribution in [1.82, 2.24) is 15.2 Å². The monoisotopic (exact) mass is 249 g/mol. The van der Waals surface area contributed by atoms with Gasteiger partial charge in [-0.2, -0.15) is 10.1 Å². The Morgan fingerprint density at radius 1 is 1.11 bits per heavy atom. The van der Waals surface area contributed by atoms with Gasteiger partial charge < -0.3 is 10.2 Å². The van der Waals surface area contributed by atoms with Gasteiger partial charge in [-0.25, -0.2) is 0 Å². The Kier molecular flexibility index (Phi) is 3.99. The number of nitrogens with one attached hydrogen (secondary N) is 1. The average molecular weight is 249 g/mol. The van der Waals surface area contributed by atoms with Crippen molar-refractivity contribution < 1.29 is 0 Å². The Bertz CT molecular complexity index is 377. The molecule has 18 heavy (non-hydrogen) atoms. The molecule has 0 radical (unpaired) electrons. The molecule has 1 aliphatic heterocycles. The highest BCUT2D eigenvalue weighted by atomic mass is 15.3. The van der Waals surface area contributed by atoms with Crippen molar-refractivity contribution in [2.45, 2.75) is 52.0 Å². The van der Waals surface area contributed by atoms with Gasteiger partial charge in [0, 0.05) is 18.6 Å². The minimum absolute atomic E-state index is 0.0426. The molecule has 1 N–H and O–H groups in total. The average Bonchev–Trinajstić information content (AvgIpc) is 2.55. The van der Waals surface area contributed by atoms with E-state index >= 15 is 0 Å². The topological polar surface area (TPSA) is 53.9 Å². The lowest BCUT2D eigenvalue weighted by Crippen LogP contribution is -2.29. The summed E-state index contributed by atoms with van der Waals surface area (Å²) in [7, 11) is 0. The Labute approximate surface area is 109 Å². The number of nitrogens with zero attached hydrogens (tertiary/aromatic N) is 4. The quantitative estimate of drug-likeness (QED) is 0.872. The lowest BCUT2D eigenvalue weighted by atomic mass is 10.1. The zero-order chi connectivity index (χ0) is 13.0. The summed E-state index contributed by atoms with van der Waals surface area (Å²) in [6, 6.07) is 0. The van der Waals surface area contributed by atoms with Gasteiger partial charge in [-0.15, -0.1) is 5.10 Å². The third-order valence-electron chi connectivity index (χ3n) is 2.96. The minimum atomic E-state index is -0.0426. The summed E-state index contributed by atoms with van der Waals surface area (Å²) in [6.07, 6.45) is 6.89. The highest BCUT2D eigenvalue weighted by molar-refractivity contribution is 5.41. The van der Waals surface area contributed by atoms with Crippen molar-refractivity contribution in [3.63, 3.8) is 0 Å². The van der Waals surface area contributed by atoms with E-state index in [0.29, 0.717) is 5.95 Å². The van der Waals surface area contributed by atoms with Crippen LogP contribution in [-0.2, 0) is 0 Å². The zero-order valence-electron chi connectivity index (χ0n) is 11.6. The van der Waals surface area contributed by atoms with E-state index in [1.165, 1.54) is 25.7 Å². The van der Waals surface area contributed by atoms with Crippen LogP contribution in [0.3, 0.4) is 0 Å². The van der Waals surface area contributed by atoms with Gasteiger partial charge >= 0.3 is 0 Å². The van der Waals surface area contributed by atoms with Crippen molar-refractivity contribution >= 4 is 11.8 Å². The summed E-state index contributed by atoms with van der Waals surface area (Å²) in [6.45, 7) is 8.43. The lowest BCUT2D eigenvalue weighted by molar-refractivity contribution is 0.622. The van der Waals surface area contributed by atoms with Gasteiger partial charge in [-0.3, -0.25) is 0 Å². The molecule has 2 heterocycles. The highest BCUT2D eigenvalue weighted by Crippen LogP contribution is 2.18. The molecular formula is C13H23N5. The Morgan fingerprint density at radius 2 is 1.78 bits per heavy atom. The Balaban J connectivity index is 2.10. The Hall–Kier alpha value is -1.39. The predicted molar refractivity (Wildman–Crippen MR) is 73.9 cm³/mol. The number of rotatable bonds is 2. The largest absolute Gasteiger partial charge is 0.355 e. The molecule has 5 nitrogen and oxygen atoms in total. The van der Waals surface area contributed by atoms with Gasteiger partial charge in [0.25, 0.3) is 0 Å². The second-order valence-corrected chi connectivity index (χ2v) is 5.91. The van der Waals surface area contributed by atoms with Crippen LogP contribution in [0.1, 0.15) is 46.5 Å². The highest BCUT2D eigenvalue weighted by Gasteiger charge is 2.15. The predicted octanol–water partition coefficient (Wildman–Crippen LogP) is 2.46. The van der Waals surface area contributed by atoms with E-state index in [4.69, 9.17) is 0 Å². The van der Waals surface area contributed by atoms with Gasteiger partial charge in [0.1, 0.15) is 0 Å². The molecule has 0 aromatic carbocycles. The van der Waals surface area contributed by atoms with Crippen molar-refractivity contribution in [3.05, 3.63) is 6.20 Å². The third-order valence-corrected chi connectivity index (χ3v) is 2.96. The molecule has 100 valence electrons. The molecule has 1 aromatic heterocycles. The van der Waals surface area contributed by atoms with Crippen LogP contribution >= 0.6 is 0 Å². The van der Waals surface area contributed by atoms with Gasteiger partial charge in [0.2, 0.25) is 5.95 Å². The number of hydrogen-bond acceptors (Lipinski definition) is 5. The molecule has 0 saturated carbocycles. The summed E-state index contributed by atoms with van der Waals surface area (Å²) in [4.78, 5) is 6.88. The minimum Gasteiger partial charge on any atom is -0.355 e. The van der Waals surface area contributed by atoms with E-state index in [-0.39, 0.29) is 5.54 Å². The maximum atomic E-state index is 4.56. The second-order valence-electron chi connectivity index (χ2n) is 5.91. The van der Waals surface area contributed by atoms with E-state index in [0.717, 1.165) is 18.9 Å². The van der Waals surface area contributed by atoms with E-state index in [1.807, 2.05) is 0 Å². The first kappa shape index (κ1) is 13.1. The van der Waals surface area contributed by atoms with E-state index in [1.54, 1.807) is 6.20 Å². The fraction of sp³-hybridized carbons (Fsp3) is 0.769. The maximum absolute atomic E-state index is 4.56. The van der Waals surface area contributed by atoms with Gasteiger partial charge in [0.15, 0.2) is 5.82 Å². The standard InChI is InChI=1S/C13H23N5/c1-13(2,3)16-12-15-11(10-14-17-12)18-8-6-4-5-7-9-18/h10H,4-9H2,1-3H3,(H,15,16,17). The van der Waals surface area contributed by atoms with Crippen LogP contribution in [-0.4, -0.2) is 33.8 Å². The van der Waals surface area contributed by atoms with E-state index in [9.17, 15) is 0 Å². The molecule has 1 fully saturated rings. The molecule has 0 amide bonds. The normalized spacial score (nSPS) is 17.4. The summed E-state index contributed by atoms with van der Waals surface area (Å²) < 4.78 is 0. The fourth-order valence-corrected chi connectivity index (χ4v) is 2.14. The molecule has 1 saturated heterocycles. The van der Waals surface area contributed by atoms with Crippen molar-refractivity contribution in [2.24, 2.45) is 0 Å². The zero-order valence-corrected chi connectivity index (χ0v) is 11.6. The van der Waals surface area contributed by atoms with E-state index in [2.05, 4.69) is 46.2 Å². The SMILES string of the molecule is CC(C)(C)Nc1nncc(N2CCCCCC2)n1. The first-order chi connectivity index (χ1) is 8.54. The summed E-state index contributed by atoms with van der Waals surface area (Å²) >= 11 is 0. The number of aromatic nitrogens is 3. The summed E-state index contributed by atoms with van der Waals surface area (Å²) in [5.74, 6) is 1.56. The molecule has 0 aliphatic carbocycles. The van der Waals surface area contributed by atoms with Crippen molar-refractivity contribution in [3.8, 4) is 0 Å². The van der Waals surface area contributed by atoms with Gasteiger partial charge in [-0.05, 0) is 33.6 Å². The van der Waals surface area contributed by atoms with Gasteiger partial charge in [0.05, 0.1) is 6.20 Å². The van der Waals surface area contributed by atoms with E-state index < -0.39 is 0 Å². The van der Waals surface area contributed by atoms with Crippen molar-refractivity contribution in [1.29, 1.82) is 0 Å². The molecule has 0 bridgehead atoms. The molecule has 0 spiro atoms.